The Labute approximate surface area is 195 Å². The number of aromatic nitrogens is 1. The van der Waals surface area contributed by atoms with Crippen molar-refractivity contribution in [1.29, 1.82) is 0 Å². The fourth-order valence-corrected chi connectivity index (χ4v) is 6.49. The minimum Gasteiger partial charge on any atom is -0.481 e. The van der Waals surface area contributed by atoms with Gasteiger partial charge in [-0.1, -0.05) is 32.6 Å². The van der Waals surface area contributed by atoms with E-state index in [4.69, 9.17) is 4.98 Å². The third-order valence-electron chi connectivity index (χ3n) is 7.75. The second-order valence-corrected chi connectivity index (χ2v) is 10.8. The van der Waals surface area contributed by atoms with Gasteiger partial charge >= 0.3 is 5.97 Å². The van der Waals surface area contributed by atoms with Crippen LogP contribution in [0.2, 0.25) is 0 Å². The lowest BCUT2D eigenvalue weighted by atomic mass is 9.58. The fourth-order valence-electron chi connectivity index (χ4n) is 5.61. The monoisotopic (exact) mass is 459 g/mol. The van der Waals surface area contributed by atoms with Crippen molar-refractivity contribution in [2.75, 3.05) is 23.7 Å². The molecule has 2 saturated carbocycles. The zero-order valence-corrected chi connectivity index (χ0v) is 20.1. The topological polar surface area (TPSA) is 82.5 Å². The number of carbonyl (C=O) groups excluding carboxylic acids is 1. The summed E-state index contributed by atoms with van der Waals surface area (Å²) >= 11 is 1.66. The molecule has 176 valence electrons. The number of nitrogens with zero attached hydrogens (tertiary/aromatic N) is 2. The average molecular weight is 460 g/mol. The number of thioether (sulfide) groups is 1. The molecule has 1 aromatic rings. The molecule has 2 aliphatic carbocycles. The number of piperidine rings is 1. The molecule has 0 atom stereocenters. The summed E-state index contributed by atoms with van der Waals surface area (Å²) in [6.07, 6.45) is 11.3. The molecule has 6 nitrogen and oxygen atoms in total. The molecular formula is C25H37N3O3S. The highest BCUT2D eigenvalue weighted by atomic mass is 32.2. The van der Waals surface area contributed by atoms with E-state index in [1.165, 1.54) is 19.3 Å². The van der Waals surface area contributed by atoms with E-state index in [2.05, 4.69) is 17.1 Å². The van der Waals surface area contributed by atoms with Crippen LogP contribution in [0, 0.1) is 11.3 Å². The first-order valence-electron chi connectivity index (χ1n) is 12.5. The van der Waals surface area contributed by atoms with E-state index in [1.54, 1.807) is 11.8 Å². The number of pyridine rings is 1. The number of carbonyl (C=O) groups is 2. The summed E-state index contributed by atoms with van der Waals surface area (Å²) in [4.78, 5) is 32.1. The van der Waals surface area contributed by atoms with Crippen LogP contribution in [0.1, 0.15) is 87.9 Å². The smallest absolute Gasteiger partial charge is 0.309 e. The molecule has 0 unspecified atom stereocenters. The van der Waals surface area contributed by atoms with Crippen LogP contribution in [-0.2, 0) is 4.79 Å². The van der Waals surface area contributed by atoms with Crippen LogP contribution in [0.5, 0.6) is 0 Å². The SMILES string of the molecule is CCCSc1nc(N2CCC(C3(C(=O)O)CCC3)CC2)ccc1C(=O)NC1CCCCC1. The summed E-state index contributed by atoms with van der Waals surface area (Å²) in [7, 11) is 0. The van der Waals surface area contributed by atoms with Crippen molar-refractivity contribution in [1.82, 2.24) is 10.3 Å². The highest BCUT2D eigenvalue weighted by Crippen LogP contribution is 2.51. The summed E-state index contributed by atoms with van der Waals surface area (Å²) in [5.41, 5.74) is 0.204. The lowest BCUT2D eigenvalue weighted by Gasteiger charge is -2.47. The van der Waals surface area contributed by atoms with Crippen molar-refractivity contribution in [3.8, 4) is 0 Å². The van der Waals surface area contributed by atoms with Gasteiger partial charge in [-0.25, -0.2) is 4.98 Å². The van der Waals surface area contributed by atoms with Crippen molar-refractivity contribution < 1.29 is 14.7 Å². The molecule has 1 aromatic heterocycles. The number of amides is 1. The Morgan fingerprint density at radius 2 is 1.84 bits per heavy atom. The summed E-state index contributed by atoms with van der Waals surface area (Å²) in [5, 5.41) is 13.8. The minimum absolute atomic E-state index is 0.00152. The number of carboxylic acid groups (broad SMARTS) is 1. The molecule has 3 aliphatic rings. The molecule has 7 heteroatoms. The van der Waals surface area contributed by atoms with Gasteiger partial charge in [-0.3, -0.25) is 9.59 Å². The highest BCUT2D eigenvalue weighted by Gasteiger charge is 2.50. The Hall–Kier alpha value is -1.76. The first-order chi connectivity index (χ1) is 15.5. The molecule has 0 radical (unpaired) electrons. The van der Waals surface area contributed by atoms with Gasteiger partial charge in [0.15, 0.2) is 0 Å². The predicted molar refractivity (Wildman–Crippen MR) is 128 cm³/mol. The summed E-state index contributed by atoms with van der Waals surface area (Å²) in [6, 6.07) is 4.20. The van der Waals surface area contributed by atoms with Crippen LogP contribution >= 0.6 is 11.8 Å². The zero-order chi connectivity index (χ0) is 22.6. The fraction of sp³-hybridized carbons (Fsp3) is 0.720. The van der Waals surface area contributed by atoms with E-state index in [9.17, 15) is 14.7 Å². The van der Waals surface area contributed by atoms with Gasteiger partial charge in [-0.2, -0.15) is 0 Å². The van der Waals surface area contributed by atoms with Gasteiger partial charge in [0.2, 0.25) is 0 Å². The van der Waals surface area contributed by atoms with Crippen LogP contribution in [0.4, 0.5) is 5.82 Å². The molecule has 1 aliphatic heterocycles. The van der Waals surface area contributed by atoms with Gasteiger partial charge < -0.3 is 15.3 Å². The van der Waals surface area contributed by atoms with E-state index in [0.29, 0.717) is 5.56 Å². The van der Waals surface area contributed by atoms with E-state index in [0.717, 1.165) is 81.1 Å². The molecule has 1 amide bonds. The maximum absolute atomic E-state index is 13.0. The Bertz CT molecular complexity index is 813. The number of hydrogen-bond acceptors (Lipinski definition) is 5. The molecule has 2 N–H and O–H groups in total. The summed E-state index contributed by atoms with van der Waals surface area (Å²) < 4.78 is 0. The molecule has 2 heterocycles. The van der Waals surface area contributed by atoms with Gasteiger partial charge in [0.25, 0.3) is 5.91 Å². The minimum atomic E-state index is -0.605. The van der Waals surface area contributed by atoms with Gasteiger partial charge in [0, 0.05) is 19.1 Å². The first-order valence-corrected chi connectivity index (χ1v) is 13.4. The third-order valence-corrected chi connectivity index (χ3v) is 8.94. The molecular weight excluding hydrogens is 422 g/mol. The van der Waals surface area contributed by atoms with Crippen LogP contribution in [0.15, 0.2) is 17.2 Å². The van der Waals surface area contributed by atoms with E-state index in [-0.39, 0.29) is 17.9 Å². The average Bonchev–Trinajstić information content (AvgIpc) is 2.77. The van der Waals surface area contributed by atoms with Crippen LogP contribution in [-0.4, -0.2) is 46.9 Å². The van der Waals surface area contributed by atoms with Crippen LogP contribution in [0.3, 0.4) is 0 Å². The van der Waals surface area contributed by atoms with Crippen LogP contribution < -0.4 is 10.2 Å². The highest BCUT2D eigenvalue weighted by molar-refractivity contribution is 7.99. The van der Waals surface area contributed by atoms with Crippen LogP contribution in [0.25, 0.3) is 0 Å². The molecule has 4 rings (SSSR count). The number of carboxylic acids is 1. The number of aliphatic carboxylic acids is 1. The molecule has 32 heavy (non-hydrogen) atoms. The van der Waals surface area contributed by atoms with Gasteiger partial charge in [0.05, 0.1) is 11.0 Å². The molecule has 1 saturated heterocycles. The van der Waals surface area contributed by atoms with E-state index in [1.807, 2.05) is 12.1 Å². The Balaban J connectivity index is 1.44. The molecule has 0 aromatic carbocycles. The molecule has 0 bridgehead atoms. The normalized spacial score (nSPS) is 21.7. The Morgan fingerprint density at radius 1 is 1.12 bits per heavy atom. The Morgan fingerprint density at radius 3 is 2.44 bits per heavy atom. The predicted octanol–water partition coefficient (Wildman–Crippen LogP) is 5.12. The number of anilines is 1. The third kappa shape index (κ3) is 4.92. The maximum Gasteiger partial charge on any atom is 0.309 e. The van der Waals surface area contributed by atoms with Crippen molar-refractivity contribution in [3.63, 3.8) is 0 Å². The standard InChI is InChI=1S/C25H37N3O3S/c1-2-17-32-23-20(22(29)26-19-7-4-3-5-8-19)9-10-21(27-23)28-15-11-18(12-16-28)25(24(30)31)13-6-14-25/h9-10,18-19H,2-8,11-17H2,1H3,(H,26,29)(H,30,31). The van der Waals surface area contributed by atoms with Gasteiger partial charge in [0.1, 0.15) is 10.8 Å². The largest absolute Gasteiger partial charge is 0.481 e. The summed E-state index contributed by atoms with van der Waals surface area (Å²) in [5.74, 6) is 1.51. The second kappa shape index (κ2) is 10.4. The number of nitrogens with one attached hydrogen (secondary N) is 1. The van der Waals surface area contributed by atoms with Crippen molar-refractivity contribution in [3.05, 3.63) is 17.7 Å². The quantitative estimate of drug-likeness (QED) is 0.525. The second-order valence-electron chi connectivity index (χ2n) is 9.76. The number of hydrogen-bond donors (Lipinski definition) is 2. The Kier molecular flexibility index (Phi) is 7.64. The first kappa shape index (κ1) is 23.4. The van der Waals surface area contributed by atoms with Crippen molar-refractivity contribution >= 4 is 29.5 Å². The maximum atomic E-state index is 13.0. The lowest BCUT2D eigenvalue weighted by Crippen LogP contribution is -2.49. The molecule has 0 spiro atoms. The molecule has 3 fully saturated rings. The van der Waals surface area contributed by atoms with Crippen molar-refractivity contribution in [2.45, 2.75) is 88.6 Å². The zero-order valence-electron chi connectivity index (χ0n) is 19.3. The van der Waals surface area contributed by atoms with Gasteiger partial charge in [-0.15, -0.1) is 11.8 Å². The van der Waals surface area contributed by atoms with E-state index >= 15 is 0 Å². The summed E-state index contributed by atoms with van der Waals surface area (Å²) in [6.45, 7) is 3.80. The van der Waals surface area contributed by atoms with Crippen molar-refractivity contribution in [2.24, 2.45) is 11.3 Å². The van der Waals surface area contributed by atoms with E-state index < -0.39 is 11.4 Å². The lowest BCUT2D eigenvalue weighted by molar-refractivity contribution is -0.160. The van der Waals surface area contributed by atoms with Gasteiger partial charge in [-0.05, 0) is 68.7 Å². The number of rotatable bonds is 8.